The summed E-state index contributed by atoms with van der Waals surface area (Å²) in [7, 11) is 0. The van der Waals surface area contributed by atoms with Crippen molar-refractivity contribution < 1.29 is 9.21 Å². The predicted octanol–water partition coefficient (Wildman–Crippen LogP) is 3.98. The van der Waals surface area contributed by atoms with Crippen LogP contribution in [-0.2, 0) is 11.3 Å². The number of carbonyl (C=O) groups excluding carboxylic acids is 1. The van der Waals surface area contributed by atoms with Crippen molar-refractivity contribution in [2.45, 2.75) is 44.4 Å². The van der Waals surface area contributed by atoms with Crippen molar-refractivity contribution in [2.75, 3.05) is 5.75 Å². The van der Waals surface area contributed by atoms with Gasteiger partial charge in [-0.2, -0.15) is 0 Å². The highest BCUT2D eigenvalue weighted by atomic mass is 32.2. The molecule has 0 saturated carbocycles. The number of nitrogens with zero attached hydrogens (tertiary/aromatic N) is 3. The van der Waals surface area contributed by atoms with Gasteiger partial charge in [0.2, 0.25) is 11.7 Å². The Balaban J connectivity index is 1.75. The molecule has 1 atom stereocenters. The minimum Gasteiger partial charge on any atom is -0.461 e. The van der Waals surface area contributed by atoms with E-state index >= 15 is 0 Å². The number of nitrogens with one attached hydrogen (secondary N) is 1. The van der Waals surface area contributed by atoms with E-state index in [2.05, 4.69) is 34.6 Å². The van der Waals surface area contributed by atoms with Crippen LogP contribution in [0.5, 0.6) is 0 Å². The second kappa shape index (κ2) is 9.41. The zero-order chi connectivity index (χ0) is 19.1. The monoisotopic (exact) mass is 384 g/mol. The van der Waals surface area contributed by atoms with E-state index in [1.165, 1.54) is 11.8 Å². The van der Waals surface area contributed by atoms with Crippen LogP contribution in [0.4, 0.5) is 0 Å². The van der Waals surface area contributed by atoms with E-state index in [0.717, 1.165) is 18.4 Å². The summed E-state index contributed by atoms with van der Waals surface area (Å²) in [6.07, 6.45) is 3.64. The summed E-state index contributed by atoms with van der Waals surface area (Å²) in [5.74, 6) is 1.63. The van der Waals surface area contributed by atoms with Gasteiger partial charge in [-0.25, -0.2) is 0 Å². The number of hydrogen-bond acceptors (Lipinski definition) is 5. The first-order chi connectivity index (χ1) is 13.2. The van der Waals surface area contributed by atoms with Crippen molar-refractivity contribution in [1.29, 1.82) is 0 Å². The van der Waals surface area contributed by atoms with Crippen molar-refractivity contribution in [1.82, 2.24) is 20.1 Å². The van der Waals surface area contributed by atoms with Gasteiger partial charge in [-0.3, -0.25) is 9.36 Å². The maximum Gasteiger partial charge on any atom is 0.230 e. The van der Waals surface area contributed by atoms with E-state index < -0.39 is 0 Å². The Morgan fingerprint density at radius 1 is 1.22 bits per heavy atom. The standard InChI is InChI=1S/C20H24N4O2S/c1-3-8-15(2)21-18(25)14-27-20-23-22-19(17-11-7-12-26-17)24(20)13-16-9-5-4-6-10-16/h4-7,9-12,15H,3,8,13-14H2,1-2H3,(H,21,25)/t15-/m0/s1. The lowest BCUT2D eigenvalue weighted by Crippen LogP contribution is -2.33. The minimum atomic E-state index is 0.00904. The van der Waals surface area contributed by atoms with Gasteiger partial charge in [0.25, 0.3) is 0 Å². The fourth-order valence-corrected chi connectivity index (χ4v) is 3.59. The van der Waals surface area contributed by atoms with Crippen molar-refractivity contribution in [3.05, 3.63) is 54.3 Å². The number of rotatable bonds is 9. The molecule has 0 aliphatic rings. The highest BCUT2D eigenvalue weighted by molar-refractivity contribution is 7.99. The zero-order valence-corrected chi connectivity index (χ0v) is 16.4. The smallest absolute Gasteiger partial charge is 0.230 e. The average molecular weight is 385 g/mol. The molecule has 3 rings (SSSR count). The second-order valence-electron chi connectivity index (χ2n) is 6.40. The summed E-state index contributed by atoms with van der Waals surface area (Å²) in [6, 6.07) is 14.0. The van der Waals surface area contributed by atoms with Gasteiger partial charge in [0.1, 0.15) is 0 Å². The van der Waals surface area contributed by atoms with Crippen molar-refractivity contribution >= 4 is 17.7 Å². The van der Waals surface area contributed by atoms with Crippen LogP contribution in [0.15, 0.2) is 58.3 Å². The molecule has 1 amide bonds. The van der Waals surface area contributed by atoms with Crippen LogP contribution in [0, 0.1) is 0 Å². The SMILES string of the molecule is CCC[C@H](C)NC(=O)CSc1nnc(-c2ccco2)n1Cc1ccccc1. The largest absolute Gasteiger partial charge is 0.461 e. The van der Waals surface area contributed by atoms with Gasteiger partial charge >= 0.3 is 0 Å². The number of carbonyl (C=O) groups is 1. The zero-order valence-electron chi connectivity index (χ0n) is 15.6. The Kier molecular flexibility index (Phi) is 6.70. The first-order valence-electron chi connectivity index (χ1n) is 9.10. The molecule has 0 fully saturated rings. The average Bonchev–Trinajstić information content (AvgIpc) is 3.31. The number of thioether (sulfide) groups is 1. The van der Waals surface area contributed by atoms with Crippen LogP contribution < -0.4 is 5.32 Å². The molecule has 0 bridgehead atoms. The van der Waals surface area contributed by atoms with Crippen LogP contribution in [-0.4, -0.2) is 32.5 Å². The minimum absolute atomic E-state index is 0.00904. The maximum absolute atomic E-state index is 12.2. The summed E-state index contributed by atoms with van der Waals surface area (Å²) in [6.45, 7) is 4.75. The van der Waals surface area contributed by atoms with Crippen LogP contribution in [0.1, 0.15) is 32.3 Å². The number of furan rings is 1. The number of aromatic nitrogens is 3. The molecule has 7 heteroatoms. The second-order valence-corrected chi connectivity index (χ2v) is 7.34. The molecule has 2 heterocycles. The molecular weight excluding hydrogens is 360 g/mol. The normalized spacial score (nSPS) is 12.1. The Morgan fingerprint density at radius 2 is 2.04 bits per heavy atom. The Hall–Kier alpha value is -2.54. The van der Waals surface area contributed by atoms with Gasteiger partial charge in [-0.1, -0.05) is 55.4 Å². The lowest BCUT2D eigenvalue weighted by molar-refractivity contribution is -0.119. The quantitative estimate of drug-likeness (QED) is 0.565. The third kappa shape index (κ3) is 5.23. The van der Waals surface area contributed by atoms with Crippen molar-refractivity contribution in [2.24, 2.45) is 0 Å². The summed E-state index contributed by atoms with van der Waals surface area (Å²) in [4.78, 5) is 12.2. The van der Waals surface area contributed by atoms with E-state index in [1.807, 2.05) is 41.8 Å². The summed E-state index contributed by atoms with van der Waals surface area (Å²) >= 11 is 1.39. The van der Waals surface area contributed by atoms with Crippen LogP contribution in [0.25, 0.3) is 11.6 Å². The molecular formula is C20H24N4O2S. The van der Waals surface area contributed by atoms with E-state index in [4.69, 9.17) is 4.42 Å². The van der Waals surface area contributed by atoms with Gasteiger partial charge < -0.3 is 9.73 Å². The predicted molar refractivity (Wildman–Crippen MR) is 107 cm³/mol. The number of hydrogen-bond donors (Lipinski definition) is 1. The van der Waals surface area contributed by atoms with E-state index in [0.29, 0.717) is 29.0 Å². The molecule has 0 aliphatic heterocycles. The van der Waals surface area contributed by atoms with Gasteiger partial charge in [-0.05, 0) is 31.0 Å². The molecule has 2 aromatic heterocycles. The molecule has 0 radical (unpaired) electrons. The summed E-state index contributed by atoms with van der Waals surface area (Å²) in [5.41, 5.74) is 1.13. The van der Waals surface area contributed by atoms with Crippen LogP contribution in [0.2, 0.25) is 0 Å². The van der Waals surface area contributed by atoms with Crippen molar-refractivity contribution in [3.63, 3.8) is 0 Å². The Morgan fingerprint density at radius 3 is 2.74 bits per heavy atom. The maximum atomic E-state index is 12.2. The summed E-state index contributed by atoms with van der Waals surface area (Å²) in [5, 5.41) is 12.3. The molecule has 3 aromatic rings. The molecule has 0 aliphatic carbocycles. The summed E-state index contributed by atoms with van der Waals surface area (Å²) < 4.78 is 7.49. The highest BCUT2D eigenvalue weighted by Crippen LogP contribution is 2.25. The fraction of sp³-hybridized carbons (Fsp3) is 0.350. The molecule has 142 valence electrons. The van der Waals surface area contributed by atoms with Gasteiger partial charge in [0, 0.05) is 6.04 Å². The van der Waals surface area contributed by atoms with Crippen LogP contribution >= 0.6 is 11.8 Å². The third-order valence-corrected chi connectivity index (χ3v) is 5.07. The first-order valence-corrected chi connectivity index (χ1v) is 10.1. The number of amides is 1. The van der Waals surface area contributed by atoms with Gasteiger partial charge in [-0.15, -0.1) is 10.2 Å². The van der Waals surface area contributed by atoms with Gasteiger partial charge in [0.05, 0.1) is 18.6 Å². The van der Waals surface area contributed by atoms with Gasteiger partial charge in [0.15, 0.2) is 10.9 Å². The molecule has 0 spiro atoms. The fourth-order valence-electron chi connectivity index (χ4n) is 2.84. The Bertz CT molecular complexity index is 846. The van der Waals surface area contributed by atoms with Crippen molar-refractivity contribution in [3.8, 4) is 11.6 Å². The molecule has 0 unspecified atom stereocenters. The number of benzene rings is 1. The highest BCUT2D eigenvalue weighted by Gasteiger charge is 2.18. The lowest BCUT2D eigenvalue weighted by atomic mass is 10.2. The molecule has 27 heavy (non-hydrogen) atoms. The molecule has 1 N–H and O–H groups in total. The Labute approximate surface area is 163 Å². The van der Waals surface area contributed by atoms with Crippen LogP contribution in [0.3, 0.4) is 0 Å². The molecule has 1 aromatic carbocycles. The molecule has 6 nitrogen and oxygen atoms in total. The van der Waals surface area contributed by atoms with E-state index in [-0.39, 0.29) is 11.9 Å². The first kappa shape index (κ1) is 19.2. The molecule has 0 saturated heterocycles. The van der Waals surface area contributed by atoms with E-state index in [1.54, 1.807) is 6.26 Å². The van der Waals surface area contributed by atoms with E-state index in [9.17, 15) is 4.79 Å². The lowest BCUT2D eigenvalue weighted by Gasteiger charge is -2.13. The third-order valence-electron chi connectivity index (χ3n) is 4.10. The topological polar surface area (TPSA) is 73.0 Å².